The molecule has 3 aromatic carbocycles. The zero-order chi connectivity index (χ0) is 31.4. The van der Waals surface area contributed by atoms with Gasteiger partial charge in [0.2, 0.25) is 11.7 Å². The number of methoxy groups -OCH3 is 3. The number of hydrogen-bond acceptors (Lipinski definition) is 6. The standard InChI is InChI=1S/C34H39Cl2N3O5/c1-42-29-17-23(18-30(43-2)31(29)44-3)33(41)39-16-13-34(21-39,24-9-10-27(35)28(36)19-24)12-15-38-14-11-25(26(20-38)32(37)40)22-7-5-4-6-8-22/h4-10,17-19,25-26H,11-16,20-21H2,1-3H3,(H2,37,40). The summed E-state index contributed by atoms with van der Waals surface area (Å²) in [5, 5.41) is 0.969. The van der Waals surface area contributed by atoms with Gasteiger partial charge in [0.15, 0.2) is 11.5 Å². The molecule has 2 amide bonds. The summed E-state index contributed by atoms with van der Waals surface area (Å²) in [5.41, 5.74) is 8.22. The van der Waals surface area contributed by atoms with Crippen LogP contribution in [0.2, 0.25) is 10.0 Å². The molecule has 2 aliphatic rings. The van der Waals surface area contributed by atoms with E-state index in [1.165, 1.54) is 21.3 Å². The van der Waals surface area contributed by atoms with Crippen LogP contribution in [0.4, 0.5) is 0 Å². The lowest BCUT2D eigenvalue weighted by Crippen LogP contribution is -2.46. The number of primary amides is 1. The van der Waals surface area contributed by atoms with Crippen molar-refractivity contribution in [3.8, 4) is 17.2 Å². The van der Waals surface area contributed by atoms with E-state index in [0.29, 0.717) is 52.5 Å². The summed E-state index contributed by atoms with van der Waals surface area (Å²) < 4.78 is 16.4. The minimum atomic E-state index is -0.358. The Morgan fingerprint density at radius 2 is 1.64 bits per heavy atom. The number of nitrogens with zero attached hydrogens (tertiary/aromatic N) is 2. The van der Waals surface area contributed by atoms with Crippen LogP contribution in [0.3, 0.4) is 0 Å². The maximum Gasteiger partial charge on any atom is 0.254 e. The highest BCUT2D eigenvalue weighted by Gasteiger charge is 2.43. The number of amides is 2. The molecule has 0 aromatic heterocycles. The number of carbonyl (C=O) groups excluding carboxylic acids is 2. The van der Waals surface area contributed by atoms with Gasteiger partial charge in [0.25, 0.3) is 5.91 Å². The number of hydrogen-bond donors (Lipinski definition) is 1. The van der Waals surface area contributed by atoms with Crippen molar-refractivity contribution in [2.75, 3.05) is 54.1 Å². The van der Waals surface area contributed by atoms with Crippen molar-refractivity contribution in [1.82, 2.24) is 9.80 Å². The van der Waals surface area contributed by atoms with Gasteiger partial charge in [0.05, 0.1) is 37.3 Å². The Bertz CT molecular complexity index is 1480. The molecule has 0 radical (unpaired) electrons. The quantitative estimate of drug-likeness (QED) is 0.302. The van der Waals surface area contributed by atoms with Crippen molar-refractivity contribution in [2.45, 2.75) is 30.6 Å². The van der Waals surface area contributed by atoms with Crippen molar-refractivity contribution in [1.29, 1.82) is 0 Å². The van der Waals surface area contributed by atoms with E-state index >= 15 is 0 Å². The van der Waals surface area contributed by atoms with Crippen LogP contribution in [0.5, 0.6) is 17.2 Å². The molecule has 234 valence electrons. The van der Waals surface area contributed by atoms with Crippen LogP contribution in [-0.2, 0) is 10.2 Å². The molecule has 2 saturated heterocycles. The molecule has 0 aliphatic carbocycles. The van der Waals surface area contributed by atoms with Crippen LogP contribution in [-0.4, -0.2) is 75.7 Å². The maximum absolute atomic E-state index is 13.9. The first-order valence-electron chi connectivity index (χ1n) is 14.8. The second kappa shape index (κ2) is 13.7. The molecular weight excluding hydrogens is 601 g/mol. The fraction of sp³-hybridized carbons (Fsp3) is 0.412. The van der Waals surface area contributed by atoms with Crippen molar-refractivity contribution in [3.63, 3.8) is 0 Å². The van der Waals surface area contributed by atoms with Gasteiger partial charge in [-0.2, -0.15) is 0 Å². The molecule has 3 unspecified atom stereocenters. The van der Waals surface area contributed by atoms with E-state index in [1.54, 1.807) is 12.1 Å². The molecule has 0 saturated carbocycles. The summed E-state index contributed by atoms with van der Waals surface area (Å²) in [5.74, 6) is 0.722. The Kier molecular flexibility index (Phi) is 9.93. The average molecular weight is 641 g/mol. The second-order valence-electron chi connectivity index (χ2n) is 11.7. The molecule has 2 heterocycles. The third kappa shape index (κ3) is 6.48. The topological polar surface area (TPSA) is 94.3 Å². The van der Waals surface area contributed by atoms with E-state index < -0.39 is 0 Å². The summed E-state index contributed by atoms with van der Waals surface area (Å²) in [6.45, 7) is 3.27. The van der Waals surface area contributed by atoms with Crippen LogP contribution in [0.25, 0.3) is 0 Å². The summed E-state index contributed by atoms with van der Waals surface area (Å²) in [6.07, 6.45) is 2.37. The van der Waals surface area contributed by atoms with E-state index in [9.17, 15) is 9.59 Å². The molecular formula is C34H39Cl2N3O5. The van der Waals surface area contributed by atoms with Crippen molar-refractivity contribution < 1.29 is 23.8 Å². The first-order chi connectivity index (χ1) is 21.2. The summed E-state index contributed by atoms with van der Waals surface area (Å²) in [4.78, 5) is 30.7. The van der Waals surface area contributed by atoms with Gasteiger partial charge in [0, 0.05) is 30.6 Å². The Hall–Kier alpha value is -3.46. The second-order valence-corrected chi connectivity index (χ2v) is 12.5. The Balaban J connectivity index is 1.38. The van der Waals surface area contributed by atoms with Crippen LogP contribution in [0.15, 0.2) is 60.7 Å². The van der Waals surface area contributed by atoms with E-state index in [-0.39, 0.29) is 29.1 Å². The first kappa shape index (κ1) is 31.9. The molecule has 44 heavy (non-hydrogen) atoms. The van der Waals surface area contributed by atoms with Gasteiger partial charge in [-0.1, -0.05) is 59.6 Å². The van der Waals surface area contributed by atoms with E-state index in [0.717, 1.165) is 43.5 Å². The Morgan fingerprint density at radius 1 is 0.932 bits per heavy atom. The van der Waals surface area contributed by atoms with Gasteiger partial charge in [0.1, 0.15) is 0 Å². The minimum Gasteiger partial charge on any atom is -0.493 e. The zero-order valence-corrected chi connectivity index (χ0v) is 26.9. The number of rotatable bonds is 10. The molecule has 10 heteroatoms. The van der Waals surface area contributed by atoms with Crippen LogP contribution >= 0.6 is 23.2 Å². The molecule has 2 N–H and O–H groups in total. The Morgan fingerprint density at radius 3 is 2.25 bits per heavy atom. The summed E-state index contributed by atoms with van der Waals surface area (Å²) in [6, 6.07) is 19.3. The summed E-state index contributed by atoms with van der Waals surface area (Å²) >= 11 is 12.8. The lowest BCUT2D eigenvalue weighted by atomic mass is 9.76. The monoisotopic (exact) mass is 639 g/mol. The predicted octanol–water partition coefficient (Wildman–Crippen LogP) is 5.78. The fourth-order valence-corrected chi connectivity index (χ4v) is 7.12. The third-order valence-electron chi connectivity index (χ3n) is 9.28. The van der Waals surface area contributed by atoms with Crippen LogP contribution in [0, 0.1) is 5.92 Å². The lowest BCUT2D eigenvalue weighted by Gasteiger charge is -2.39. The van der Waals surface area contributed by atoms with E-state index in [2.05, 4.69) is 17.0 Å². The largest absolute Gasteiger partial charge is 0.493 e. The van der Waals surface area contributed by atoms with Crippen LogP contribution in [0.1, 0.15) is 46.7 Å². The molecule has 8 nitrogen and oxygen atoms in total. The number of ether oxygens (including phenoxy) is 3. The highest BCUT2D eigenvalue weighted by atomic mass is 35.5. The van der Waals surface area contributed by atoms with Gasteiger partial charge in [-0.05, 0) is 73.7 Å². The normalized spacial score (nSPS) is 22.1. The van der Waals surface area contributed by atoms with E-state index in [4.69, 9.17) is 43.1 Å². The third-order valence-corrected chi connectivity index (χ3v) is 10.0. The molecule has 0 bridgehead atoms. The number of piperidine rings is 1. The number of nitrogens with two attached hydrogens (primary N) is 1. The fourth-order valence-electron chi connectivity index (χ4n) is 6.83. The smallest absolute Gasteiger partial charge is 0.254 e. The highest BCUT2D eigenvalue weighted by molar-refractivity contribution is 6.42. The minimum absolute atomic E-state index is 0.104. The highest BCUT2D eigenvalue weighted by Crippen LogP contribution is 2.43. The molecule has 3 aromatic rings. The number of likely N-dealkylation sites (tertiary alicyclic amines) is 2. The van der Waals surface area contributed by atoms with Crippen molar-refractivity contribution >= 4 is 35.0 Å². The van der Waals surface area contributed by atoms with Gasteiger partial charge in [-0.3, -0.25) is 9.59 Å². The van der Waals surface area contributed by atoms with Gasteiger partial charge >= 0.3 is 0 Å². The SMILES string of the molecule is COc1cc(C(=O)N2CCC(CCN3CCC(c4ccccc4)C(C(N)=O)C3)(c3ccc(Cl)c(Cl)c3)C2)cc(OC)c1OC. The Labute approximate surface area is 269 Å². The van der Waals surface area contributed by atoms with Crippen LogP contribution < -0.4 is 19.9 Å². The zero-order valence-electron chi connectivity index (χ0n) is 25.4. The molecule has 2 aliphatic heterocycles. The molecule has 2 fully saturated rings. The molecule has 5 rings (SSSR count). The number of carbonyl (C=O) groups is 2. The first-order valence-corrected chi connectivity index (χ1v) is 15.6. The predicted molar refractivity (Wildman–Crippen MR) is 172 cm³/mol. The van der Waals surface area contributed by atoms with Crippen molar-refractivity contribution in [2.24, 2.45) is 11.7 Å². The van der Waals surface area contributed by atoms with Gasteiger partial charge in [-0.25, -0.2) is 0 Å². The summed E-state index contributed by atoms with van der Waals surface area (Å²) in [7, 11) is 4.59. The van der Waals surface area contributed by atoms with Crippen molar-refractivity contribution in [3.05, 3.63) is 87.4 Å². The maximum atomic E-state index is 13.9. The molecule has 0 spiro atoms. The molecule has 3 atom stereocenters. The van der Waals surface area contributed by atoms with Gasteiger partial charge < -0.3 is 29.7 Å². The number of halogens is 2. The number of benzene rings is 3. The van der Waals surface area contributed by atoms with Gasteiger partial charge in [-0.15, -0.1) is 0 Å². The van der Waals surface area contributed by atoms with E-state index in [1.807, 2.05) is 41.3 Å². The average Bonchev–Trinajstić information content (AvgIpc) is 3.49. The lowest BCUT2D eigenvalue weighted by molar-refractivity contribution is -0.124.